The first-order chi connectivity index (χ1) is 5.79. The van der Waals surface area contributed by atoms with Gasteiger partial charge in [0.1, 0.15) is 0 Å². The zero-order chi connectivity index (χ0) is 8.55. The van der Waals surface area contributed by atoms with Gasteiger partial charge in [0, 0.05) is 16.5 Å². The first-order valence-corrected chi connectivity index (χ1v) is 4.34. The minimum absolute atomic E-state index is 0.643. The zero-order valence-corrected chi connectivity index (χ0v) is 7.81. The van der Waals surface area contributed by atoms with E-state index in [9.17, 15) is 0 Å². The molecule has 0 aliphatic carbocycles. The lowest BCUT2D eigenvalue weighted by Gasteiger charge is -2.00. The first kappa shape index (κ1) is 7.90. The van der Waals surface area contributed by atoms with Gasteiger partial charge in [-0.15, -0.1) is 12.6 Å². The standard InChI is InChI=1S/C9H6ClNS/c10-7-4-3-6-2-1-5-11-8(6)9(7)12/h1-5,12H. The summed E-state index contributed by atoms with van der Waals surface area (Å²) in [7, 11) is 0. The van der Waals surface area contributed by atoms with Crippen molar-refractivity contribution in [1.82, 2.24) is 4.98 Å². The van der Waals surface area contributed by atoms with Crippen LogP contribution < -0.4 is 0 Å². The van der Waals surface area contributed by atoms with Crippen LogP contribution >= 0.6 is 24.2 Å². The SMILES string of the molecule is Sc1c(Cl)ccc2cccnc12. The fourth-order valence-electron chi connectivity index (χ4n) is 1.11. The van der Waals surface area contributed by atoms with Crippen LogP contribution in [0.4, 0.5) is 0 Å². The van der Waals surface area contributed by atoms with Crippen LogP contribution in [0.5, 0.6) is 0 Å². The molecular weight excluding hydrogens is 190 g/mol. The van der Waals surface area contributed by atoms with E-state index in [1.54, 1.807) is 6.20 Å². The quantitative estimate of drug-likeness (QED) is 0.638. The predicted octanol–water partition coefficient (Wildman–Crippen LogP) is 3.18. The highest BCUT2D eigenvalue weighted by Gasteiger charge is 2.01. The van der Waals surface area contributed by atoms with E-state index in [4.69, 9.17) is 11.6 Å². The minimum Gasteiger partial charge on any atom is -0.255 e. The number of nitrogens with zero attached hydrogens (tertiary/aromatic N) is 1. The maximum absolute atomic E-state index is 5.87. The van der Waals surface area contributed by atoms with Gasteiger partial charge in [-0.3, -0.25) is 4.98 Å². The molecule has 0 radical (unpaired) electrons. The highest BCUT2D eigenvalue weighted by molar-refractivity contribution is 7.80. The molecule has 2 aromatic rings. The van der Waals surface area contributed by atoms with Gasteiger partial charge >= 0.3 is 0 Å². The maximum Gasteiger partial charge on any atom is 0.0850 e. The molecular formula is C9H6ClNS. The van der Waals surface area contributed by atoms with Crippen molar-refractivity contribution in [2.45, 2.75) is 4.90 Å². The Labute approximate surface area is 80.8 Å². The Morgan fingerprint density at radius 1 is 1.25 bits per heavy atom. The molecule has 60 valence electrons. The second kappa shape index (κ2) is 2.96. The third-order valence-electron chi connectivity index (χ3n) is 1.70. The average Bonchev–Trinajstić information content (AvgIpc) is 2.12. The van der Waals surface area contributed by atoms with Crippen molar-refractivity contribution in [2.75, 3.05) is 0 Å². The Kier molecular flexibility index (Phi) is 1.95. The summed E-state index contributed by atoms with van der Waals surface area (Å²) in [5.41, 5.74) is 0.855. The average molecular weight is 196 g/mol. The molecule has 1 nitrogen and oxygen atoms in total. The lowest BCUT2D eigenvalue weighted by molar-refractivity contribution is 1.36. The van der Waals surface area contributed by atoms with Crippen LogP contribution in [0.3, 0.4) is 0 Å². The van der Waals surface area contributed by atoms with Crippen LogP contribution in [0.1, 0.15) is 0 Å². The van der Waals surface area contributed by atoms with Crippen LogP contribution in [0.15, 0.2) is 35.4 Å². The van der Waals surface area contributed by atoms with E-state index in [1.807, 2.05) is 24.3 Å². The highest BCUT2D eigenvalue weighted by atomic mass is 35.5. The Bertz CT molecular complexity index is 428. The molecule has 0 fully saturated rings. The van der Waals surface area contributed by atoms with E-state index in [1.165, 1.54) is 0 Å². The highest BCUT2D eigenvalue weighted by Crippen LogP contribution is 2.26. The monoisotopic (exact) mass is 195 g/mol. The molecule has 1 heterocycles. The first-order valence-electron chi connectivity index (χ1n) is 3.51. The van der Waals surface area contributed by atoms with Gasteiger partial charge in [0.2, 0.25) is 0 Å². The molecule has 0 aliphatic heterocycles. The minimum atomic E-state index is 0.643. The van der Waals surface area contributed by atoms with Crippen LogP contribution in [-0.2, 0) is 0 Å². The van der Waals surface area contributed by atoms with Crippen LogP contribution in [0.25, 0.3) is 10.9 Å². The fourth-order valence-corrected chi connectivity index (χ4v) is 1.52. The number of hydrogen-bond acceptors (Lipinski definition) is 2. The number of halogens is 1. The van der Waals surface area contributed by atoms with Crippen molar-refractivity contribution in [3.05, 3.63) is 35.5 Å². The molecule has 0 saturated carbocycles. The van der Waals surface area contributed by atoms with E-state index < -0.39 is 0 Å². The number of aromatic nitrogens is 1. The van der Waals surface area contributed by atoms with E-state index in [0.717, 1.165) is 15.8 Å². The van der Waals surface area contributed by atoms with Crippen LogP contribution in [0, 0.1) is 0 Å². The van der Waals surface area contributed by atoms with Crippen molar-refractivity contribution in [2.24, 2.45) is 0 Å². The summed E-state index contributed by atoms with van der Waals surface area (Å²) < 4.78 is 0. The molecule has 0 saturated heterocycles. The van der Waals surface area contributed by atoms with Gasteiger partial charge in [-0.05, 0) is 12.1 Å². The molecule has 12 heavy (non-hydrogen) atoms. The van der Waals surface area contributed by atoms with Gasteiger partial charge in [0.25, 0.3) is 0 Å². The zero-order valence-electron chi connectivity index (χ0n) is 6.16. The topological polar surface area (TPSA) is 12.9 Å². The van der Waals surface area contributed by atoms with Crippen molar-refractivity contribution in [3.63, 3.8) is 0 Å². The Balaban J connectivity index is 2.91. The van der Waals surface area contributed by atoms with Crippen molar-refractivity contribution >= 4 is 35.1 Å². The molecule has 1 aromatic heterocycles. The largest absolute Gasteiger partial charge is 0.255 e. The number of hydrogen-bond donors (Lipinski definition) is 1. The number of thiol groups is 1. The molecule has 0 aliphatic rings. The summed E-state index contributed by atoms with van der Waals surface area (Å²) in [5, 5.41) is 1.71. The number of pyridine rings is 1. The molecule has 1 aromatic carbocycles. The van der Waals surface area contributed by atoms with Crippen molar-refractivity contribution in [1.29, 1.82) is 0 Å². The van der Waals surface area contributed by atoms with Gasteiger partial charge in [-0.2, -0.15) is 0 Å². The molecule has 0 atom stereocenters. The molecule has 0 spiro atoms. The molecule has 0 N–H and O–H groups in total. The lowest BCUT2D eigenvalue weighted by Crippen LogP contribution is -1.79. The molecule has 0 amide bonds. The fraction of sp³-hybridized carbons (Fsp3) is 0. The number of fused-ring (bicyclic) bond motifs is 1. The summed E-state index contributed by atoms with van der Waals surface area (Å²) in [6, 6.07) is 7.64. The summed E-state index contributed by atoms with van der Waals surface area (Å²) >= 11 is 10.1. The lowest BCUT2D eigenvalue weighted by atomic mass is 10.2. The third kappa shape index (κ3) is 1.17. The number of rotatable bonds is 0. The number of benzene rings is 1. The van der Waals surface area contributed by atoms with Crippen molar-refractivity contribution < 1.29 is 0 Å². The van der Waals surface area contributed by atoms with Crippen LogP contribution in [-0.4, -0.2) is 4.98 Å². The second-order valence-electron chi connectivity index (χ2n) is 2.47. The normalized spacial score (nSPS) is 10.5. The molecule has 2 rings (SSSR count). The molecule has 0 bridgehead atoms. The van der Waals surface area contributed by atoms with Gasteiger partial charge in [-0.1, -0.05) is 23.7 Å². The van der Waals surface area contributed by atoms with E-state index >= 15 is 0 Å². The Morgan fingerprint density at radius 3 is 2.92 bits per heavy atom. The third-order valence-corrected chi connectivity index (χ3v) is 2.60. The van der Waals surface area contributed by atoms with Gasteiger partial charge in [-0.25, -0.2) is 0 Å². The summed E-state index contributed by atoms with van der Waals surface area (Å²) in [5.74, 6) is 0. The van der Waals surface area contributed by atoms with E-state index in [2.05, 4.69) is 17.6 Å². The van der Waals surface area contributed by atoms with Crippen molar-refractivity contribution in [3.8, 4) is 0 Å². The molecule has 0 unspecified atom stereocenters. The Morgan fingerprint density at radius 2 is 2.08 bits per heavy atom. The summed E-state index contributed by atoms with van der Waals surface area (Å²) in [6.07, 6.45) is 1.73. The summed E-state index contributed by atoms with van der Waals surface area (Å²) in [6.45, 7) is 0. The molecule has 3 heteroatoms. The Hall–Kier alpha value is -0.730. The van der Waals surface area contributed by atoms with Crippen LogP contribution in [0.2, 0.25) is 5.02 Å². The maximum atomic E-state index is 5.87. The van der Waals surface area contributed by atoms with Gasteiger partial charge in [0.05, 0.1) is 10.5 Å². The van der Waals surface area contributed by atoms with E-state index in [0.29, 0.717) is 5.02 Å². The predicted molar refractivity (Wildman–Crippen MR) is 54.0 cm³/mol. The second-order valence-corrected chi connectivity index (χ2v) is 3.33. The van der Waals surface area contributed by atoms with E-state index in [-0.39, 0.29) is 0 Å². The summed E-state index contributed by atoms with van der Waals surface area (Å²) in [4.78, 5) is 4.93. The smallest absolute Gasteiger partial charge is 0.0850 e. The van der Waals surface area contributed by atoms with Gasteiger partial charge in [0.15, 0.2) is 0 Å². The van der Waals surface area contributed by atoms with Gasteiger partial charge < -0.3 is 0 Å².